The van der Waals surface area contributed by atoms with Gasteiger partial charge in [-0.05, 0) is 6.07 Å². The number of halogens is 1. The molecule has 1 aromatic heterocycles. The lowest BCUT2D eigenvalue weighted by Gasteiger charge is -1.79. The molecular formula is C5H6FN. The highest BCUT2D eigenvalue weighted by atomic mass is 19.1. The average Bonchev–Trinajstić information content (AvgIpc) is 1.87. The molecule has 0 radical (unpaired) electrons. The molecule has 0 aliphatic heterocycles. The second-order valence-corrected chi connectivity index (χ2v) is 1.50. The van der Waals surface area contributed by atoms with E-state index in [9.17, 15) is 4.39 Å². The molecule has 7 heavy (non-hydrogen) atoms. The molecule has 1 rings (SSSR count). The van der Waals surface area contributed by atoms with E-state index >= 15 is 0 Å². The number of hydrogen-bond donors (Lipinski definition) is 0. The monoisotopic (exact) mass is 99.0 g/mol. The van der Waals surface area contributed by atoms with Crippen LogP contribution in [0.2, 0.25) is 0 Å². The van der Waals surface area contributed by atoms with Crippen LogP contribution in [0.25, 0.3) is 0 Å². The third kappa shape index (κ3) is 0.796. The van der Waals surface area contributed by atoms with Crippen molar-refractivity contribution in [3.8, 4) is 0 Å². The Morgan fingerprint density at radius 3 is 2.57 bits per heavy atom. The van der Waals surface area contributed by atoms with Gasteiger partial charge < -0.3 is 4.57 Å². The van der Waals surface area contributed by atoms with Crippen molar-refractivity contribution in [3.63, 3.8) is 0 Å². The highest BCUT2D eigenvalue weighted by Crippen LogP contribution is 1.93. The van der Waals surface area contributed by atoms with Crippen molar-refractivity contribution < 1.29 is 4.39 Å². The van der Waals surface area contributed by atoms with Gasteiger partial charge in [-0.2, -0.15) is 0 Å². The van der Waals surface area contributed by atoms with Crippen LogP contribution in [0.3, 0.4) is 0 Å². The van der Waals surface area contributed by atoms with Crippen molar-refractivity contribution in [2.45, 2.75) is 0 Å². The van der Waals surface area contributed by atoms with Gasteiger partial charge >= 0.3 is 0 Å². The molecular weight excluding hydrogens is 93.1 g/mol. The molecule has 1 heterocycles. The van der Waals surface area contributed by atoms with Crippen LogP contribution in [0.1, 0.15) is 0 Å². The zero-order valence-electron chi connectivity index (χ0n) is 4.06. The largest absolute Gasteiger partial charge is 0.354 e. The molecule has 0 bridgehead atoms. The van der Waals surface area contributed by atoms with E-state index in [0.717, 1.165) is 0 Å². The molecule has 0 spiro atoms. The maximum Gasteiger partial charge on any atom is 0.140 e. The molecule has 1 aromatic rings. The number of nitrogens with zero attached hydrogens (tertiary/aromatic N) is 1. The zero-order valence-corrected chi connectivity index (χ0v) is 4.06. The molecule has 0 saturated carbocycles. The van der Waals surface area contributed by atoms with Gasteiger partial charge in [-0.15, -0.1) is 0 Å². The summed E-state index contributed by atoms with van der Waals surface area (Å²) < 4.78 is 13.6. The average molecular weight is 99.1 g/mol. The van der Waals surface area contributed by atoms with Crippen molar-refractivity contribution in [3.05, 3.63) is 24.3 Å². The summed E-state index contributed by atoms with van der Waals surface area (Å²) in [6.45, 7) is 0. The predicted molar refractivity (Wildman–Crippen MR) is 25.4 cm³/mol. The fraction of sp³-hybridized carbons (Fsp3) is 0.200. The van der Waals surface area contributed by atoms with E-state index in [-0.39, 0.29) is 5.82 Å². The lowest BCUT2D eigenvalue weighted by Crippen LogP contribution is -1.76. The minimum absolute atomic E-state index is 0.178. The maximum absolute atomic E-state index is 11.9. The Kier molecular flexibility index (Phi) is 0.855. The third-order valence-electron chi connectivity index (χ3n) is 0.796. The van der Waals surface area contributed by atoms with Crippen molar-refractivity contribution in [1.29, 1.82) is 0 Å². The Morgan fingerprint density at radius 1 is 1.71 bits per heavy atom. The first-order valence-corrected chi connectivity index (χ1v) is 2.06. The second-order valence-electron chi connectivity index (χ2n) is 1.50. The fourth-order valence-corrected chi connectivity index (χ4v) is 0.469. The molecule has 0 atom stereocenters. The normalized spacial score (nSPS) is 9.43. The van der Waals surface area contributed by atoms with E-state index in [2.05, 4.69) is 0 Å². The van der Waals surface area contributed by atoms with E-state index in [1.54, 1.807) is 17.8 Å². The maximum atomic E-state index is 11.9. The standard InChI is InChI=1S/C5H6FN/c1-7-3-2-5(6)4-7/h2-4H,1H3. The smallest absolute Gasteiger partial charge is 0.140 e. The molecule has 0 aliphatic rings. The molecule has 1 nitrogen and oxygen atoms in total. The van der Waals surface area contributed by atoms with Gasteiger partial charge in [0.1, 0.15) is 5.82 Å². The van der Waals surface area contributed by atoms with Gasteiger partial charge in [0.15, 0.2) is 0 Å². The van der Waals surface area contributed by atoms with E-state index in [0.29, 0.717) is 0 Å². The first-order chi connectivity index (χ1) is 3.29. The summed E-state index contributed by atoms with van der Waals surface area (Å²) in [6.07, 6.45) is 3.08. The fourth-order valence-electron chi connectivity index (χ4n) is 0.469. The molecule has 0 amide bonds. The van der Waals surface area contributed by atoms with Crippen molar-refractivity contribution in [2.75, 3.05) is 0 Å². The van der Waals surface area contributed by atoms with Crippen LogP contribution < -0.4 is 0 Å². The molecule has 0 N–H and O–H groups in total. The Hall–Kier alpha value is -0.790. The minimum Gasteiger partial charge on any atom is -0.354 e. The minimum atomic E-state index is -0.178. The van der Waals surface area contributed by atoms with Gasteiger partial charge in [0, 0.05) is 19.4 Å². The Labute approximate surface area is 41.4 Å². The molecule has 2 heteroatoms. The van der Waals surface area contributed by atoms with Crippen LogP contribution in [-0.4, -0.2) is 4.57 Å². The highest BCUT2D eigenvalue weighted by molar-refractivity contribution is 4.93. The quantitative estimate of drug-likeness (QED) is 0.460. The van der Waals surface area contributed by atoms with Gasteiger partial charge in [-0.25, -0.2) is 4.39 Å². The second kappa shape index (κ2) is 1.37. The SMILES string of the molecule is Cn1ccc(F)c1. The summed E-state index contributed by atoms with van der Waals surface area (Å²) in [5.74, 6) is -0.178. The molecule has 0 saturated heterocycles. The van der Waals surface area contributed by atoms with E-state index < -0.39 is 0 Å². The molecule has 0 fully saturated rings. The van der Waals surface area contributed by atoms with E-state index in [1.165, 1.54) is 12.3 Å². The lowest BCUT2D eigenvalue weighted by atomic mass is 10.6. The van der Waals surface area contributed by atoms with Gasteiger partial charge in [0.25, 0.3) is 0 Å². The summed E-state index contributed by atoms with van der Waals surface area (Å²) in [6, 6.07) is 1.42. The van der Waals surface area contributed by atoms with Gasteiger partial charge in [-0.3, -0.25) is 0 Å². The van der Waals surface area contributed by atoms with Crippen molar-refractivity contribution in [1.82, 2.24) is 4.57 Å². The zero-order chi connectivity index (χ0) is 5.28. The first kappa shape index (κ1) is 4.37. The van der Waals surface area contributed by atoms with Crippen LogP contribution in [0.4, 0.5) is 4.39 Å². The van der Waals surface area contributed by atoms with Crippen LogP contribution in [0.15, 0.2) is 18.5 Å². The molecule has 38 valence electrons. The van der Waals surface area contributed by atoms with Crippen LogP contribution in [0, 0.1) is 5.82 Å². The van der Waals surface area contributed by atoms with E-state index in [1.807, 2.05) is 0 Å². The first-order valence-electron chi connectivity index (χ1n) is 2.06. The third-order valence-corrected chi connectivity index (χ3v) is 0.796. The topological polar surface area (TPSA) is 4.93 Å². The van der Waals surface area contributed by atoms with Crippen molar-refractivity contribution in [2.24, 2.45) is 7.05 Å². The van der Waals surface area contributed by atoms with Crippen LogP contribution >= 0.6 is 0 Å². The number of rotatable bonds is 0. The van der Waals surface area contributed by atoms with Gasteiger partial charge in [-0.1, -0.05) is 0 Å². The lowest BCUT2D eigenvalue weighted by molar-refractivity contribution is 0.625. The highest BCUT2D eigenvalue weighted by Gasteiger charge is 1.84. The van der Waals surface area contributed by atoms with Crippen molar-refractivity contribution >= 4 is 0 Å². The molecule has 0 unspecified atom stereocenters. The Morgan fingerprint density at radius 2 is 2.43 bits per heavy atom. The van der Waals surface area contributed by atoms with Crippen LogP contribution in [0.5, 0.6) is 0 Å². The Bertz CT molecular complexity index is 140. The van der Waals surface area contributed by atoms with Crippen LogP contribution in [-0.2, 0) is 7.05 Å². The summed E-state index contributed by atoms with van der Waals surface area (Å²) in [5.41, 5.74) is 0. The van der Waals surface area contributed by atoms with E-state index in [4.69, 9.17) is 0 Å². The number of hydrogen-bond acceptors (Lipinski definition) is 0. The van der Waals surface area contributed by atoms with Gasteiger partial charge in [0.2, 0.25) is 0 Å². The summed E-state index contributed by atoms with van der Waals surface area (Å²) in [7, 11) is 1.78. The number of aromatic nitrogens is 1. The summed E-state index contributed by atoms with van der Waals surface area (Å²) >= 11 is 0. The molecule has 0 aliphatic carbocycles. The summed E-state index contributed by atoms with van der Waals surface area (Å²) in [5, 5.41) is 0. The molecule has 0 aromatic carbocycles. The predicted octanol–water partition coefficient (Wildman–Crippen LogP) is 1.16. The van der Waals surface area contributed by atoms with Gasteiger partial charge in [0.05, 0.1) is 0 Å². The Balaban J connectivity index is 3.04. The summed E-state index contributed by atoms with van der Waals surface area (Å²) in [4.78, 5) is 0. The number of aryl methyl sites for hydroxylation is 1.